The van der Waals surface area contributed by atoms with Crippen LogP contribution in [-0.4, -0.2) is 46.9 Å². The maximum absolute atomic E-state index is 9.63. The molecule has 0 fully saturated rings. The molecular weight excluding hydrogens is 378 g/mol. The molecule has 1 radical (unpaired) electrons. The quantitative estimate of drug-likeness (QED) is 0.350. The Morgan fingerprint density at radius 3 is 1.10 bits per heavy atom. The summed E-state index contributed by atoms with van der Waals surface area (Å²) in [7, 11) is -10.1. The van der Waals surface area contributed by atoms with Crippen LogP contribution in [0.2, 0.25) is 0 Å². The van der Waals surface area contributed by atoms with E-state index in [4.69, 9.17) is 19.6 Å². The Kier molecular flexibility index (Phi) is 5.87. The van der Waals surface area contributed by atoms with Crippen LogP contribution in [0.5, 0.6) is 0 Å². The third kappa shape index (κ3) is 11.9. The van der Waals surface area contributed by atoms with Gasteiger partial charge in [-0.2, -0.15) is 4.31 Å². The summed E-state index contributed by atoms with van der Waals surface area (Å²) in [5.41, 5.74) is 0. The van der Waals surface area contributed by atoms with E-state index in [1.165, 1.54) is 0 Å². The first-order chi connectivity index (χ1) is 3.71. The molecular formula is H4O7P2Tl. The van der Waals surface area contributed by atoms with Crippen molar-refractivity contribution >= 4 is 42.9 Å². The van der Waals surface area contributed by atoms with Crippen LogP contribution in [0.25, 0.3) is 0 Å². The molecule has 0 saturated heterocycles. The first-order valence-corrected chi connectivity index (χ1v) is 4.59. The van der Waals surface area contributed by atoms with Gasteiger partial charge in [0.2, 0.25) is 0 Å². The van der Waals surface area contributed by atoms with E-state index in [1.807, 2.05) is 0 Å². The van der Waals surface area contributed by atoms with Gasteiger partial charge in [-0.15, -0.1) is 0 Å². The zero-order valence-corrected chi connectivity index (χ0v) is 10.8. The van der Waals surface area contributed by atoms with Gasteiger partial charge in [0.05, 0.1) is 0 Å². The van der Waals surface area contributed by atoms with Gasteiger partial charge in [0, 0.05) is 27.3 Å². The summed E-state index contributed by atoms with van der Waals surface area (Å²) < 4.78 is 22.2. The van der Waals surface area contributed by atoms with Gasteiger partial charge in [-0.1, -0.05) is 0 Å². The molecule has 0 spiro atoms. The van der Waals surface area contributed by atoms with Crippen LogP contribution in [0.1, 0.15) is 0 Å². The predicted molar refractivity (Wildman–Crippen MR) is 30.9 cm³/mol. The smallest absolute Gasteiger partial charge is 0.302 e. The molecule has 0 aliphatic carbocycles. The van der Waals surface area contributed by atoms with Gasteiger partial charge < -0.3 is 19.6 Å². The topological polar surface area (TPSA) is 124 Å². The van der Waals surface area contributed by atoms with E-state index < -0.39 is 15.6 Å². The molecule has 4 N–H and O–H groups in total. The first-order valence-electron chi connectivity index (χ1n) is 1.53. The SMILES string of the molecule is O=P(O)(O)OP(=O)(O)O.[Tl]. The van der Waals surface area contributed by atoms with Crippen molar-refractivity contribution in [1.29, 1.82) is 0 Å². The third-order valence-electron chi connectivity index (χ3n) is 0.213. The van der Waals surface area contributed by atoms with E-state index in [1.54, 1.807) is 0 Å². The molecule has 10 heteroatoms. The van der Waals surface area contributed by atoms with Crippen molar-refractivity contribution in [3.8, 4) is 0 Å². The first kappa shape index (κ1) is 13.8. The summed E-state index contributed by atoms with van der Waals surface area (Å²) >= 11 is 0. The minimum absolute atomic E-state index is 0. The zero-order chi connectivity index (χ0) is 7.71. The number of phosphoric acid groups is 2. The summed E-state index contributed by atoms with van der Waals surface area (Å²) in [4.78, 5) is 31.0. The predicted octanol–water partition coefficient (Wildman–Crippen LogP) is -1.19. The summed E-state index contributed by atoms with van der Waals surface area (Å²) in [6.07, 6.45) is 0. The maximum atomic E-state index is 9.63. The van der Waals surface area contributed by atoms with Crippen LogP contribution in [0.15, 0.2) is 0 Å². The fourth-order valence-corrected chi connectivity index (χ4v) is 1.25. The molecule has 0 rings (SSSR count). The summed E-state index contributed by atoms with van der Waals surface area (Å²) in [6.45, 7) is 0. The molecule has 0 atom stereocenters. The fraction of sp³-hybridized carbons (Fsp3) is 0. The van der Waals surface area contributed by atoms with E-state index in [9.17, 15) is 9.13 Å². The zero-order valence-electron chi connectivity index (χ0n) is 4.49. The van der Waals surface area contributed by atoms with E-state index >= 15 is 0 Å². The van der Waals surface area contributed by atoms with Gasteiger partial charge >= 0.3 is 15.6 Å². The van der Waals surface area contributed by atoms with Crippen LogP contribution in [0.4, 0.5) is 0 Å². The molecule has 0 aromatic heterocycles. The molecule has 7 nitrogen and oxygen atoms in total. The maximum Gasteiger partial charge on any atom is 0.478 e. The van der Waals surface area contributed by atoms with Gasteiger partial charge in [-0.25, -0.2) is 9.13 Å². The molecule has 0 amide bonds. The normalized spacial score (nSPS) is 12.4. The Balaban J connectivity index is 0. The molecule has 0 aliphatic heterocycles. The summed E-state index contributed by atoms with van der Waals surface area (Å²) in [6, 6.07) is 0. The van der Waals surface area contributed by atoms with E-state index in [-0.39, 0.29) is 27.3 Å². The average molecular weight is 382 g/mol. The molecule has 0 bridgehead atoms. The van der Waals surface area contributed by atoms with Crippen molar-refractivity contribution in [2.24, 2.45) is 0 Å². The molecule has 0 unspecified atom stereocenters. The van der Waals surface area contributed by atoms with Crippen LogP contribution >= 0.6 is 15.6 Å². The molecule has 0 heterocycles. The molecule has 0 aliphatic rings. The second-order valence-corrected chi connectivity index (χ2v) is 3.68. The van der Waals surface area contributed by atoms with Crippen molar-refractivity contribution in [3.63, 3.8) is 0 Å². The van der Waals surface area contributed by atoms with Crippen molar-refractivity contribution in [3.05, 3.63) is 0 Å². The number of hydrogen-bond acceptors (Lipinski definition) is 3. The largest absolute Gasteiger partial charge is 0.478 e. The standard InChI is InChI=1S/H4O7P2.Tl/c1-8(2,3)7-9(4,5)6;/h(H2,1,2,3)(H2,4,5,6);. The Morgan fingerprint density at radius 2 is 1.10 bits per heavy atom. The van der Waals surface area contributed by atoms with Gasteiger partial charge in [0.25, 0.3) is 0 Å². The minimum Gasteiger partial charge on any atom is -0.302 e. The van der Waals surface area contributed by atoms with Gasteiger partial charge in [0.15, 0.2) is 0 Å². The molecule has 0 aromatic rings. The average Bonchev–Trinajstić information content (AvgIpc) is 1.14. The van der Waals surface area contributed by atoms with E-state index in [0.717, 1.165) is 0 Å². The fourth-order valence-electron chi connectivity index (χ4n) is 0.139. The molecule has 0 saturated carbocycles. The van der Waals surface area contributed by atoms with Gasteiger partial charge in [-0.3, -0.25) is 0 Å². The van der Waals surface area contributed by atoms with Crippen LogP contribution in [0, 0.1) is 0 Å². The monoisotopic (exact) mass is 383 g/mol. The number of rotatable bonds is 2. The van der Waals surface area contributed by atoms with Gasteiger partial charge in [0.1, 0.15) is 0 Å². The number of hydrogen-bond donors (Lipinski definition) is 4. The Hall–Kier alpha value is 1.18. The molecule has 59 valence electrons. The van der Waals surface area contributed by atoms with Crippen molar-refractivity contribution in [2.45, 2.75) is 0 Å². The summed E-state index contributed by atoms with van der Waals surface area (Å²) in [5.74, 6) is 0. The Bertz CT molecular complexity index is 152. The Labute approximate surface area is 76.0 Å². The van der Waals surface area contributed by atoms with Crippen molar-refractivity contribution < 1.29 is 33.0 Å². The van der Waals surface area contributed by atoms with Gasteiger partial charge in [-0.05, 0) is 0 Å². The minimum atomic E-state index is -5.05. The van der Waals surface area contributed by atoms with Crippen LogP contribution < -0.4 is 0 Å². The molecule has 10 heavy (non-hydrogen) atoms. The second-order valence-electron chi connectivity index (χ2n) is 1.06. The third-order valence-corrected chi connectivity index (χ3v) is 1.91. The van der Waals surface area contributed by atoms with E-state index in [0.29, 0.717) is 0 Å². The second kappa shape index (κ2) is 4.27. The van der Waals surface area contributed by atoms with Crippen molar-refractivity contribution in [1.82, 2.24) is 0 Å². The Morgan fingerprint density at radius 1 is 0.900 bits per heavy atom. The summed E-state index contributed by atoms with van der Waals surface area (Å²) in [5, 5.41) is 0. The van der Waals surface area contributed by atoms with Crippen LogP contribution in [-0.2, 0) is 13.4 Å². The van der Waals surface area contributed by atoms with E-state index in [2.05, 4.69) is 4.31 Å². The van der Waals surface area contributed by atoms with Crippen LogP contribution in [0.3, 0.4) is 0 Å². The van der Waals surface area contributed by atoms with Crippen molar-refractivity contribution in [2.75, 3.05) is 0 Å². The molecule has 0 aromatic carbocycles.